The standard InChI is InChI=1S/C24H22O4/c1-3-7-19(8-4-1)15-25-17-21-11-13-23(27-21)24-14-12-22(28-24)18-26-16-20-9-5-2-6-10-20/h1-14H,15-18H2. The summed E-state index contributed by atoms with van der Waals surface area (Å²) in [5.74, 6) is 2.91. The minimum absolute atomic E-state index is 0.419. The second kappa shape index (κ2) is 9.22. The average Bonchev–Trinajstić information content (AvgIpc) is 3.39. The van der Waals surface area contributed by atoms with Crippen molar-refractivity contribution >= 4 is 0 Å². The van der Waals surface area contributed by atoms with E-state index in [4.69, 9.17) is 18.3 Å². The molecule has 4 heteroatoms. The fourth-order valence-corrected chi connectivity index (χ4v) is 2.86. The van der Waals surface area contributed by atoms with Crippen LogP contribution in [0, 0.1) is 0 Å². The molecule has 28 heavy (non-hydrogen) atoms. The van der Waals surface area contributed by atoms with Crippen LogP contribution < -0.4 is 0 Å². The molecule has 0 radical (unpaired) electrons. The van der Waals surface area contributed by atoms with Crippen molar-refractivity contribution in [2.75, 3.05) is 0 Å². The van der Waals surface area contributed by atoms with Gasteiger partial charge in [-0.2, -0.15) is 0 Å². The van der Waals surface area contributed by atoms with E-state index in [0.717, 1.165) is 22.6 Å². The van der Waals surface area contributed by atoms with Gasteiger partial charge in [0.2, 0.25) is 0 Å². The van der Waals surface area contributed by atoms with Crippen molar-refractivity contribution in [1.29, 1.82) is 0 Å². The number of furan rings is 2. The molecule has 4 rings (SSSR count). The number of rotatable bonds is 9. The number of benzene rings is 2. The predicted octanol–water partition coefficient (Wildman–Crippen LogP) is 5.97. The van der Waals surface area contributed by atoms with Gasteiger partial charge in [-0.05, 0) is 35.4 Å². The van der Waals surface area contributed by atoms with Crippen LogP contribution in [0.3, 0.4) is 0 Å². The second-order valence-electron chi connectivity index (χ2n) is 6.49. The molecule has 0 saturated heterocycles. The minimum atomic E-state index is 0.419. The molecular weight excluding hydrogens is 352 g/mol. The minimum Gasteiger partial charge on any atom is -0.455 e. The Morgan fingerprint density at radius 3 is 1.32 bits per heavy atom. The molecule has 4 aromatic rings. The Hall–Kier alpha value is -3.08. The Bertz CT molecular complexity index is 888. The topological polar surface area (TPSA) is 44.7 Å². The van der Waals surface area contributed by atoms with E-state index in [1.807, 2.05) is 84.9 Å². The van der Waals surface area contributed by atoms with Crippen LogP contribution in [0.4, 0.5) is 0 Å². The summed E-state index contributed by atoms with van der Waals surface area (Å²) in [5.41, 5.74) is 2.28. The molecule has 4 nitrogen and oxygen atoms in total. The van der Waals surface area contributed by atoms with E-state index >= 15 is 0 Å². The summed E-state index contributed by atoms with van der Waals surface area (Å²) < 4.78 is 23.1. The monoisotopic (exact) mass is 374 g/mol. The zero-order chi connectivity index (χ0) is 19.0. The van der Waals surface area contributed by atoms with Crippen molar-refractivity contribution in [2.45, 2.75) is 26.4 Å². The van der Waals surface area contributed by atoms with Crippen molar-refractivity contribution in [2.24, 2.45) is 0 Å². The highest BCUT2D eigenvalue weighted by Gasteiger charge is 2.10. The molecule has 0 amide bonds. The Morgan fingerprint density at radius 1 is 0.464 bits per heavy atom. The first kappa shape index (κ1) is 18.3. The van der Waals surface area contributed by atoms with Gasteiger partial charge in [-0.25, -0.2) is 0 Å². The van der Waals surface area contributed by atoms with Gasteiger partial charge in [-0.15, -0.1) is 0 Å². The fraction of sp³-hybridized carbons (Fsp3) is 0.167. The molecule has 0 unspecified atom stereocenters. The third kappa shape index (κ3) is 5.00. The van der Waals surface area contributed by atoms with Crippen LogP contribution >= 0.6 is 0 Å². The highest BCUT2D eigenvalue weighted by molar-refractivity contribution is 5.50. The first-order valence-corrected chi connectivity index (χ1v) is 9.28. The Kier molecular flexibility index (Phi) is 6.02. The summed E-state index contributed by atoms with van der Waals surface area (Å²) in [4.78, 5) is 0. The van der Waals surface area contributed by atoms with Gasteiger partial charge in [0, 0.05) is 0 Å². The molecule has 0 aliphatic carbocycles. The summed E-state index contributed by atoms with van der Waals surface area (Å²) in [6.45, 7) is 1.95. The molecule has 2 aromatic carbocycles. The molecule has 0 saturated carbocycles. The molecular formula is C24H22O4. The van der Waals surface area contributed by atoms with E-state index in [1.165, 1.54) is 0 Å². The summed E-state index contributed by atoms with van der Waals surface area (Å²) >= 11 is 0. The second-order valence-corrected chi connectivity index (χ2v) is 6.49. The Balaban J connectivity index is 1.27. The third-order valence-electron chi connectivity index (χ3n) is 4.28. The summed E-state index contributed by atoms with van der Waals surface area (Å²) in [5, 5.41) is 0. The van der Waals surface area contributed by atoms with Crippen LogP contribution in [-0.2, 0) is 35.9 Å². The van der Waals surface area contributed by atoms with Crippen LogP contribution in [-0.4, -0.2) is 0 Å². The Labute approximate surface area is 164 Å². The van der Waals surface area contributed by atoms with Crippen molar-refractivity contribution in [3.05, 3.63) is 108 Å². The van der Waals surface area contributed by atoms with E-state index in [1.54, 1.807) is 0 Å². The molecule has 2 aromatic heterocycles. The zero-order valence-corrected chi connectivity index (χ0v) is 15.5. The summed E-state index contributed by atoms with van der Waals surface area (Å²) in [7, 11) is 0. The van der Waals surface area contributed by atoms with Crippen LogP contribution in [0.5, 0.6) is 0 Å². The van der Waals surface area contributed by atoms with Gasteiger partial charge in [0.25, 0.3) is 0 Å². The first-order chi connectivity index (χ1) is 13.9. The molecule has 0 atom stereocenters. The highest BCUT2D eigenvalue weighted by atomic mass is 16.5. The number of hydrogen-bond acceptors (Lipinski definition) is 4. The van der Waals surface area contributed by atoms with Crippen molar-refractivity contribution in [3.8, 4) is 11.5 Å². The number of ether oxygens (including phenoxy) is 2. The summed E-state index contributed by atoms with van der Waals surface area (Å²) in [6, 6.07) is 27.8. The molecule has 0 aliphatic rings. The molecule has 0 N–H and O–H groups in total. The van der Waals surface area contributed by atoms with Gasteiger partial charge in [0.15, 0.2) is 11.5 Å². The maximum absolute atomic E-state index is 5.84. The van der Waals surface area contributed by atoms with Gasteiger partial charge in [0.1, 0.15) is 24.7 Å². The van der Waals surface area contributed by atoms with Gasteiger partial charge in [-0.1, -0.05) is 60.7 Å². The fourth-order valence-electron chi connectivity index (χ4n) is 2.86. The van der Waals surface area contributed by atoms with E-state index < -0.39 is 0 Å². The lowest BCUT2D eigenvalue weighted by Crippen LogP contribution is -1.92. The Morgan fingerprint density at radius 2 is 0.893 bits per heavy atom. The van der Waals surface area contributed by atoms with E-state index in [2.05, 4.69) is 0 Å². The lowest BCUT2D eigenvalue weighted by molar-refractivity contribution is 0.0918. The average molecular weight is 374 g/mol. The van der Waals surface area contributed by atoms with Crippen LogP contribution in [0.2, 0.25) is 0 Å². The van der Waals surface area contributed by atoms with Crippen molar-refractivity contribution in [3.63, 3.8) is 0 Å². The quantitative estimate of drug-likeness (QED) is 0.362. The van der Waals surface area contributed by atoms with Gasteiger partial charge < -0.3 is 18.3 Å². The third-order valence-corrected chi connectivity index (χ3v) is 4.28. The molecule has 2 heterocycles. The SMILES string of the molecule is c1ccc(COCc2ccc(-c3ccc(COCc4ccccc4)o3)o2)cc1. The van der Waals surface area contributed by atoms with Crippen LogP contribution in [0.25, 0.3) is 11.5 Å². The number of hydrogen-bond donors (Lipinski definition) is 0. The molecule has 142 valence electrons. The maximum atomic E-state index is 5.84. The van der Waals surface area contributed by atoms with E-state index in [9.17, 15) is 0 Å². The summed E-state index contributed by atoms with van der Waals surface area (Å²) in [6.07, 6.45) is 0. The molecule has 0 aliphatic heterocycles. The van der Waals surface area contributed by atoms with E-state index in [-0.39, 0.29) is 0 Å². The zero-order valence-electron chi connectivity index (χ0n) is 15.5. The molecule has 0 fully saturated rings. The van der Waals surface area contributed by atoms with Gasteiger partial charge >= 0.3 is 0 Å². The van der Waals surface area contributed by atoms with Gasteiger partial charge in [-0.3, -0.25) is 0 Å². The van der Waals surface area contributed by atoms with Crippen molar-refractivity contribution in [1.82, 2.24) is 0 Å². The molecule has 0 bridgehead atoms. The van der Waals surface area contributed by atoms with Crippen LogP contribution in [0.15, 0.2) is 93.8 Å². The smallest absolute Gasteiger partial charge is 0.169 e. The first-order valence-electron chi connectivity index (χ1n) is 9.28. The lowest BCUT2D eigenvalue weighted by atomic mass is 10.2. The predicted molar refractivity (Wildman–Crippen MR) is 106 cm³/mol. The lowest BCUT2D eigenvalue weighted by Gasteiger charge is -2.02. The van der Waals surface area contributed by atoms with Crippen LogP contribution in [0.1, 0.15) is 22.6 Å². The van der Waals surface area contributed by atoms with E-state index in [0.29, 0.717) is 37.9 Å². The maximum Gasteiger partial charge on any atom is 0.169 e. The van der Waals surface area contributed by atoms with Gasteiger partial charge in [0.05, 0.1) is 13.2 Å². The largest absolute Gasteiger partial charge is 0.455 e. The highest BCUT2D eigenvalue weighted by Crippen LogP contribution is 2.25. The normalized spacial score (nSPS) is 11.0. The molecule has 0 spiro atoms. The van der Waals surface area contributed by atoms with Crippen molar-refractivity contribution < 1.29 is 18.3 Å².